The summed E-state index contributed by atoms with van der Waals surface area (Å²) in [4.78, 5) is 2.69. The minimum Gasteiger partial charge on any atom is -0.134 e. The molecule has 14 rings (SSSR count). The third-order valence-corrected chi connectivity index (χ3v) is 22.7. The molecule has 0 nitrogen and oxygen atoms in total. The van der Waals surface area contributed by atoms with Crippen molar-refractivity contribution in [1.82, 2.24) is 0 Å². The molecule has 360 valence electrons. The molecule has 0 N–H and O–H groups in total. The second-order valence-corrected chi connectivity index (χ2v) is 25.3. The van der Waals surface area contributed by atoms with Gasteiger partial charge in [-0.3, -0.25) is 0 Å². The van der Waals surface area contributed by atoms with Crippen LogP contribution in [0.3, 0.4) is 0 Å². The van der Waals surface area contributed by atoms with Crippen molar-refractivity contribution in [2.24, 2.45) is 0 Å². The molecule has 2 aliphatic rings. The molecule has 11 aromatic carbocycles. The third-order valence-electron chi connectivity index (χ3n) is 16.6. The van der Waals surface area contributed by atoms with Gasteiger partial charge in [0.05, 0.1) is 5.41 Å². The molecular formula is C74H54SSi. The molecule has 1 spiro atoms. The van der Waals surface area contributed by atoms with Crippen molar-refractivity contribution in [3.05, 3.63) is 336 Å². The molecule has 76 heavy (non-hydrogen) atoms. The summed E-state index contributed by atoms with van der Waals surface area (Å²) in [7, 11) is -2.60. The minimum atomic E-state index is -2.60. The van der Waals surface area contributed by atoms with Gasteiger partial charge in [0.15, 0.2) is 8.07 Å². The molecule has 1 heterocycles. The maximum atomic E-state index is 2.56. The van der Waals surface area contributed by atoms with Crippen molar-refractivity contribution in [3.63, 3.8) is 0 Å². The monoisotopic (exact) mass is 1000 g/mol. The highest BCUT2D eigenvalue weighted by molar-refractivity contribution is 7.20. The van der Waals surface area contributed by atoms with Gasteiger partial charge in [0.2, 0.25) is 0 Å². The van der Waals surface area contributed by atoms with E-state index in [0.29, 0.717) is 0 Å². The van der Waals surface area contributed by atoms with Crippen molar-refractivity contribution >= 4 is 40.2 Å². The summed E-state index contributed by atoms with van der Waals surface area (Å²) in [6, 6.07) is 112. The van der Waals surface area contributed by atoms with E-state index < -0.39 is 13.5 Å². The Labute approximate surface area is 452 Å². The number of benzene rings is 11. The molecule has 0 aliphatic heterocycles. The van der Waals surface area contributed by atoms with E-state index in [0.717, 1.165) is 12.8 Å². The quantitative estimate of drug-likeness (QED) is 0.0845. The van der Waals surface area contributed by atoms with Gasteiger partial charge in [0, 0.05) is 21.2 Å². The van der Waals surface area contributed by atoms with Crippen LogP contribution in [-0.2, 0) is 11.8 Å². The Morgan fingerprint density at radius 1 is 0.329 bits per heavy atom. The second kappa shape index (κ2) is 19.2. The first kappa shape index (κ1) is 45.9. The van der Waals surface area contributed by atoms with Crippen LogP contribution in [0.2, 0.25) is 0 Å². The number of fused-ring (bicyclic) bond motifs is 10. The Bertz CT molecular complexity index is 3900. The van der Waals surface area contributed by atoms with Crippen LogP contribution in [0.5, 0.6) is 0 Å². The number of hydrogen-bond acceptors (Lipinski definition) is 1. The highest BCUT2D eigenvalue weighted by Gasteiger charge is 2.54. The van der Waals surface area contributed by atoms with Gasteiger partial charge < -0.3 is 0 Å². The fourth-order valence-corrected chi connectivity index (χ4v) is 19.4. The van der Waals surface area contributed by atoms with E-state index in [-0.39, 0.29) is 5.92 Å². The topological polar surface area (TPSA) is 0 Å². The molecule has 0 fully saturated rings. The van der Waals surface area contributed by atoms with Crippen LogP contribution in [0.4, 0.5) is 0 Å². The highest BCUT2D eigenvalue weighted by Crippen LogP contribution is 2.68. The van der Waals surface area contributed by atoms with Gasteiger partial charge in [-0.25, -0.2) is 0 Å². The largest absolute Gasteiger partial charge is 0.179 e. The van der Waals surface area contributed by atoms with Crippen LogP contribution in [-0.4, -0.2) is 8.07 Å². The lowest BCUT2D eigenvalue weighted by atomic mass is 9.70. The molecule has 2 atom stereocenters. The highest BCUT2D eigenvalue weighted by atomic mass is 32.1. The molecule has 0 saturated carbocycles. The fraction of sp³-hybridized carbons (Fsp3) is 0.0541. The molecular weight excluding hydrogens is 949 g/mol. The Hall–Kier alpha value is -8.66. The van der Waals surface area contributed by atoms with Gasteiger partial charge in [0.25, 0.3) is 0 Å². The predicted octanol–water partition coefficient (Wildman–Crippen LogP) is 16.2. The average molecular weight is 1000 g/mol. The lowest BCUT2D eigenvalue weighted by Crippen LogP contribution is -2.74. The van der Waals surface area contributed by atoms with Gasteiger partial charge in [-0.2, -0.15) is 0 Å². The zero-order valence-electron chi connectivity index (χ0n) is 42.2. The summed E-state index contributed by atoms with van der Waals surface area (Å²) < 4.78 is 0. The Morgan fingerprint density at radius 2 is 0.763 bits per heavy atom. The standard InChI is InChI=1S/C74H54SSi/c1-7-23-55(24-8-1)63(49-41-52-39-42-53(43-40-52)54-44-47-62(48-45-54)76(59-29-13-4-14-30-59,60-31-15-5-16-32-60)61-33-17-6-18-34-61)58-46-50-69-66(51-58)64-35-19-21-37-67(64)74(69)68-38-22-20-36-65(68)70-71(74)73(57-27-11-3-12-28-57)75-72(70)56-25-9-2-10-26-56/h1-40,42-48,50-51,63H,41,49H2. The fourth-order valence-electron chi connectivity index (χ4n) is 13.2. The number of thiophene rings is 1. The second-order valence-electron chi connectivity index (χ2n) is 20.5. The van der Waals surface area contributed by atoms with Crippen LogP contribution in [0.1, 0.15) is 51.3 Å². The molecule has 12 aromatic rings. The Morgan fingerprint density at radius 3 is 1.33 bits per heavy atom. The van der Waals surface area contributed by atoms with Crippen LogP contribution < -0.4 is 20.7 Å². The van der Waals surface area contributed by atoms with Crippen molar-refractivity contribution in [3.8, 4) is 54.3 Å². The van der Waals surface area contributed by atoms with Crippen molar-refractivity contribution in [1.29, 1.82) is 0 Å². The summed E-state index contributed by atoms with van der Waals surface area (Å²) in [5.74, 6) is 0.211. The summed E-state index contributed by atoms with van der Waals surface area (Å²) >= 11 is 1.95. The smallest absolute Gasteiger partial charge is 0.134 e. The molecule has 0 saturated heterocycles. The summed E-state index contributed by atoms with van der Waals surface area (Å²) in [5, 5.41) is 5.54. The molecule has 2 unspecified atom stereocenters. The zero-order chi connectivity index (χ0) is 50.5. The summed E-state index contributed by atoms with van der Waals surface area (Å²) in [5.41, 5.74) is 19.5. The van der Waals surface area contributed by atoms with E-state index in [2.05, 4.69) is 297 Å². The summed E-state index contributed by atoms with van der Waals surface area (Å²) in [6.07, 6.45) is 1.95. The number of hydrogen-bond donors (Lipinski definition) is 0. The maximum Gasteiger partial charge on any atom is 0.179 e. The van der Waals surface area contributed by atoms with E-state index in [1.165, 1.54) is 114 Å². The molecule has 1 aromatic heterocycles. The normalized spacial score (nSPS) is 14.4. The van der Waals surface area contributed by atoms with Gasteiger partial charge >= 0.3 is 0 Å². The van der Waals surface area contributed by atoms with E-state index in [1.54, 1.807) is 0 Å². The van der Waals surface area contributed by atoms with Crippen molar-refractivity contribution < 1.29 is 0 Å². The van der Waals surface area contributed by atoms with Crippen LogP contribution in [0.15, 0.2) is 297 Å². The van der Waals surface area contributed by atoms with E-state index in [1.807, 2.05) is 11.3 Å². The van der Waals surface area contributed by atoms with E-state index in [4.69, 9.17) is 0 Å². The first-order valence-corrected chi connectivity index (χ1v) is 29.6. The first-order chi connectivity index (χ1) is 37.7. The van der Waals surface area contributed by atoms with Gasteiger partial charge in [-0.05, 0) is 111 Å². The lowest BCUT2D eigenvalue weighted by molar-refractivity contribution is 0.714. The molecule has 2 aliphatic carbocycles. The van der Waals surface area contributed by atoms with Gasteiger partial charge in [-0.1, -0.05) is 297 Å². The molecule has 0 amide bonds. The SMILES string of the molecule is c1ccc(-c2sc(-c3ccccc3)c3c2-c2ccccc2C32c3ccccc3-c3cc(C(CCc4ccc(-c5ccc([Si](c6ccccc6)(c6ccccc6)c6ccccc6)cc5)cc4)c4ccccc4)ccc32)cc1. The van der Waals surface area contributed by atoms with Gasteiger partial charge in [0.1, 0.15) is 0 Å². The first-order valence-electron chi connectivity index (χ1n) is 26.7. The van der Waals surface area contributed by atoms with Crippen LogP contribution >= 0.6 is 11.3 Å². The number of aryl methyl sites for hydroxylation is 1. The van der Waals surface area contributed by atoms with Crippen molar-refractivity contribution in [2.45, 2.75) is 24.2 Å². The van der Waals surface area contributed by atoms with Crippen LogP contribution in [0, 0.1) is 0 Å². The van der Waals surface area contributed by atoms with Crippen LogP contribution in [0.25, 0.3) is 54.3 Å². The summed E-state index contributed by atoms with van der Waals surface area (Å²) in [6.45, 7) is 0. The molecule has 0 bridgehead atoms. The minimum absolute atomic E-state index is 0.211. The van der Waals surface area contributed by atoms with Crippen molar-refractivity contribution in [2.75, 3.05) is 0 Å². The van der Waals surface area contributed by atoms with Gasteiger partial charge in [-0.15, -0.1) is 11.3 Å². The average Bonchev–Trinajstić information content (AvgIpc) is 4.23. The van der Waals surface area contributed by atoms with E-state index >= 15 is 0 Å². The third kappa shape index (κ3) is 7.39. The van der Waals surface area contributed by atoms with E-state index in [9.17, 15) is 0 Å². The predicted molar refractivity (Wildman–Crippen MR) is 324 cm³/mol. The maximum absolute atomic E-state index is 2.60. The Balaban J connectivity index is 0.817. The molecule has 0 radical (unpaired) electrons. The zero-order valence-corrected chi connectivity index (χ0v) is 44.0. The number of rotatable bonds is 12. The lowest BCUT2D eigenvalue weighted by Gasteiger charge is -2.34. The Kier molecular flexibility index (Phi) is 11.6. The molecule has 2 heteroatoms.